The highest BCUT2D eigenvalue weighted by molar-refractivity contribution is 5.92. The van der Waals surface area contributed by atoms with Gasteiger partial charge in [0.1, 0.15) is 0 Å². The summed E-state index contributed by atoms with van der Waals surface area (Å²) in [5, 5.41) is 10.0. The van der Waals surface area contributed by atoms with Crippen molar-refractivity contribution in [2.75, 3.05) is 43.6 Å². The number of carbonyl (C=O) groups excluding carboxylic acids is 2. The number of rotatable bonds is 7. The van der Waals surface area contributed by atoms with Gasteiger partial charge in [-0.25, -0.2) is 4.79 Å². The lowest BCUT2D eigenvalue weighted by atomic mass is 10.0. The number of benzene rings is 2. The van der Waals surface area contributed by atoms with Crippen molar-refractivity contribution in [2.45, 2.75) is 13.0 Å². The first-order valence-electron chi connectivity index (χ1n) is 11.6. The van der Waals surface area contributed by atoms with Gasteiger partial charge in [-0.1, -0.05) is 36.9 Å². The number of carbonyl (C=O) groups is 2. The number of anilines is 4. The van der Waals surface area contributed by atoms with Gasteiger partial charge in [0.05, 0.1) is 0 Å². The monoisotopic (exact) mass is 486 g/mol. The van der Waals surface area contributed by atoms with Gasteiger partial charge in [-0.2, -0.15) is 4.98 Å². The van der Waals surface area contributed by atoms with E-state index < -0.39 is 6.03 Å². The third kappa shape index (κ3) is 5.97. The van der Waals surface area contributed by atoms with Gasteiger partial charge >= 0.3 is 6.03 Å². The number of nitrogens with one attached hydrogen (secondary N) is 2. The van der Waals surface area contributed by atoms with Crippen molar-refractivity contribution in [1.29, 1.82) is 0 Å². The molecule has 2 heterocycles. The third-order valence-electron chi connectivity index (χ3n) is 5.68. The van der Waals surface area contributed by atoms with E-state index in [1.807, 2.05) is 50.5 Å². The van der Waals surface area contributed by atoms with E-state index >= 15 is 0 Å². The molecule has 4 N–H and O–H groups in total. The van der Waals surface area contributed by atoms with E-state index in [-0.39, 0.29) is 17.8 Å². The van der Waals surface area contributed by atoms with Crippen molar-refractivity contribution >= 4 is 40.8 Å². The molecular weight excluding hydrogens is 456 g/mol. The lowest BCUT2D eigenvalue weighted by Crippen LogP contribution is -2.34. The maximum absolute atomic E-state index is 12.8. The van der Waals surface area contributed by atoms with Crippen LogP contribution in [-0.4, -0.2) is 63.7 Å². The maximum atomic E-state index is 12.8. The fourth-order valence-electron chi connectivity index (χ4n) is 3.93. The minimum atomic E-state index is -0.526. The Hall–Kier alpha value is -4.44. The Kier molecular flexibility index (Phi) is 7.45. The van der Waals surface area contributed by atoms with Gasteiger partial charge in [0.2, 0.25) is 17.8 Å². The molecule has 0 radical (unpaired) electrons. The van der Waals surface area contributed by atoms with Crippen LogP contribution in [0.25, 0.3) is 5.57 Å². The molecule has 0 atom stereocenters. The van der Waals surface area contributed by atoms with Gasteiger partial charge in [0.25, 0.3) is 0 Å². The second-order valence-electron chi connectivity index (χ2n) is 8.75. The molecule has 10 nitrogen and oxygen atoms in total. The van der Waals surface area contributed by atoms with Crippen molar-refractivity contribution in [2.24, 2.45) is 0 Å². The molecule has 186 valence electrons. The largest absolute Gasteiger partial charge is 0.368 e. The summed E-state index contributed by atoms with van der Waals surface area (Å²) >= 11 is 0. The van der Waals surface area contributed by atoms with Gasteiger partial charge in [-0.05, 0) is 67.6 Å². The molecule has 0 aliphatic carbocycles. The topological polar surface area (TPSA) is 121 Å². The highest BCUT2D eigenvalue weighted by Crippen LogP contribution is 2.23. The Balaban J connectivity index is 1.38. The van der Waals surface area contributed by atoms with Crippen LogP contribution in [0.3, 0.4) is 0 Å². The molecule has 0 fully saturated rings. The number of hydrogen-bond donors (Lipinski definition) is 3. The summed E-state index contributed by atoms with van der Waals surface area (Å²) in [6, 6.07) is 14.7. The first-order chi connectivity index (χ1) is 17.3. The molecule has 2 amide bonds. The lowest BCUT2D eigenvalue weighted by molar-refractivity contribution is -0.125. The van der Waals surface area contributed by atoms with E-state index in [4.69, 9.17) is 5.73 Å². The molecule has 0 bridgehead atoms. The fraction of sp³-hybridized carbons (Fsp3) is 0.231. The number of nitrogens with zero attached hydrogens (tertiary/aromatic N) is 5. The number of nitrogen functional groups attached to an aromatic ring is 1. The molecule has 10 heteroatoms. The average Bonchev–Trinajstić information content (AvgIpc) is 3.25. The zero-order chi connectivity index (χ0) is 25.7. The predicted octanol–water partition coefficient (Wildman–Crippen LogP) is 3.55. The Labute approximate surface area is 210 Å². The molecule has 4 rings (SSSR count). The van der Waals surface area contributed by atoms with Gasteiger partial charge in [-0.3, -0.25) is 4.79 Å². The van der Waals surface area contributed by atoms with Crippen LogP contribution in [0.2, 0.25) is 0 Å². The van der Waals surface area contributed by atoms with Crippen molar-refractivity contribution in [1.82, 2.24) is 24.6 Å². The lowest BCUT2D eigenvalue weighted by Gasteiger charge is -2.26. The standard InChI is InChI=1S/C26H30N8O2/c1-4-23(35)33-15-5-6-20(17-33)19-9-13-22(14-10-19)29-26(36)34-24(27)30-25(31-34)28-21-11-7-18(8-12-21)16-32(2)3/h4,6-14H,1,5,15-17H2,2-3H3,(H,29,36)(H3,27,28,30,31). The van der Waals surface area contributed by atoms with E-state index in [9.17, 15) is 9.59 Å². The minimum Gasteiger partial charge on any atom is -0.368 e. The molecular formula is C26H30N8O2. The minimum absolute atomic E-state index is 0.0322. The third-order valence-corrected chi connectivity index (χ3v) is 5.68. The molecule has 2 aromatic carbocycles. The van der Waals surface area contributed by atoms with E-state index in [1.54, 1.807) is 17.0 Å². The smallest absolute Gasteiger partial charge is 0.349 e. The Morgan fingerprint density at radius 3 is 2.47 bits per heavy atom. The summed E-state index contributed by atoms with van der Waals surface area (Å²) in [5.41, 5.74) is 10.5. The number of hydrogen-bond acceptors (Lipinski definition) is 7. The quantitative estimate of drug-likeness (QED) is 0.437. The molecule has 1 aromatic heterocycles. The molecule has 0 unspecified atom stereocenters. The van der Waals surface area contributed by atoms with Crippen molar-refractivity contribution < 1.29 is 9.59 Å². The second-order valence-corrected chi connectivity index (χ2v) is 8.75. The fourth-order valence-corrected chi connectivity index (χ4v) is 3.93. The van der Waals surface area contributed by atoms with Gasteiger partial charge in [0, 0.05) is 31.0 Å². The second kappa shape index (κ2) is 10.9. The van der Waals surface area contributed by atoms with E-state index in [0.717, 1.165) is 34.5 Å². The van der Waals surface area contributed by atoms with E-state index in [2.05, 4.69) is 38.3 Å². The summed E-state index contributed by atoms with van der Waals surface area (Å²) in [5.74, 6) is 0.113. The predicted molar refractivity (Wildman–Crippen MR) is 142 cm³/mol. The molecule has 0 saturated carbocycles. The zero-order valence-corrected chi connectivity index (χ0v) is 20.4. The molecule has 3 aromatic rings. The zero-order valence-electron chi connectivity index (χ0n) is 20.4. The SMILES string of the molecule is C=CC(=O)N1CCC=C(c2ccc(NC(=O)n3nc(Nc4ccc(CN(C)C)cc4)nc3N)cc2)C1. The van der Waals surface area contributed by atoms with Crippen molar-refractivity contribution in [3.8, 4) is 0 Å². The molecule has 0 saturated heterocycles. The Morgan fingerprint density at radius 2 is 1.81 bits per heavy atom. The molecule has 0 spiro atoms. The first kappa shape index (κ1) is 24.7. The van der Waals surface area contributed by atoms with Gasteiger partial charge in [-0.15, -0.1) is 9.78 Å². The summed E-state index contributed by atoms with van der Waals surface area (Å²) < 4.78 is 1.01. The molecule has 1 aliphatic heterocycles. The summed E-state index contributed by atoms with van der Waals surface area (Å²) in [6.45, 7) is 5.61. The van der Waals surface area contributed by atoms with Crippen LogP contribution < -0.4 is 16.4 Å². The van der Waals surface area contributed by atoms with Crippen molar-refractivity contribution in [3.63, 3.8) is 0 Å². The average molecular weight is 487 g/mol. The van der Waals surface area contributed by atoms with Crippen LogP contribution >= 0.6 is 0 Å². The summed E-state index contributed by atoms with van der Waals surface area (Å²) in [4.78, 5) is 32.7. The van der Waals surface area contributed by atoms with Crippen LogP contribution in [-0.2, 0) is 11.3 Å². The number of nitrogens with two attached hydrogens (primary N) is 1. The number of aromatic nitrogens is 3. The van der Waals surface area contributed by atoms with Crippen molar-refractivity contribution in [3.05, 3.63) is 78.4 Å². The Morgan fingerprint density at radius 1 is 1.11 bits per heavy atom. The highest BCUT2D eigenvalue weighted by atomic mass is 16.2. The van der Waals surface area contributed by atoms with Crippen LogP contribution in [0.4, 0.5) is 28.1 Å². The summed E-state index contributed by atoms with van der Waals surface area (Å²) in [6.07, 6.45) is 4.25. The number of amides is 2. The molecule has 36 heavy (non-hydrogen) atoms. The van der Waals surface area contributed by atoms with Crippen LogP contribution in [0, 0.1) is 0 Å². The maximum Gasteiger partial charge on any atom is 0.349 e. The molecule has 1 aliphatic rings. The van der Waals surface area contributed by atoms with Crippen LogP contribution in [0.1, 0.15) is 17.5 Å². The van der Waals surface area contributed by atoms with Gasteiger partial charge in [0.15, 0.2) is 0 Å². The van der Waals surface area contributed by atoms with Gasteiger partial charge < -0.3 is 26.2 Å². The first-order valence-corrected chi connectivity index (χ1v) is 11.6. The Bertz CT molecular complexity index is 1280. The van der Waals surface area contributed by atoms with E-state index in [0.29, 0.717) is 18.8 Å². The highest BCUT2D eigenvalue weighted by Gasteiger charge is 2.18. The normalized spacial score (nSPS) is 13.3. The van der Waals surface area contributed by atoms with Crippen LogP contribution in [0.15, 0.2) is 67.3 Å². The summed E-state index contributed by atoms with van der Waals surface area (Å²) in [7, 11) is 4.03. The van der Waals surface area contributed by atoms with Crippen LogP contribution in [0.5, 0.6) is 0 Å². The van der Waals surface area contributed by atoms with E-state index in [1.165, 1.54) is 11.6 Å².